The summed E-state index contributed by atoms with van der Waals surface area (Å²) >= 11 is 12.2. The average Bonchev–Trinajstić information content (AvgIpc) is 3.07. The predicted octanol–water partition coefficient (Wildman–Crippen LogP) is 5.03. The number of methoxy groups -OCH3 is 3. The van der Waals surface area contributed by atoms with E-state index in [2.05, 4.69) is 4.99 Å². The van der Waals surface area contributed by atoms with Crippen molar-refractivity contribution in [1.29, 1.82) is 0 Å². The van der Waals surface area contributed by atoms with Crippen LogP contribution in [0.5, 0.6) is 17.2 Å². The molecule has 1 aliphatic rings. The summed E-state index contributed by atoms with van der Waals surface area (Å²) in [4.78, 5) is 16.4. The molecule has 2 aromatic rings. The van der Waals surface area contributed by atoms with Crippen LogP contribution in [0.2, 0.25) is 10.0 Å². The van der Waals surface area contributed by atoms with Gasteiger partial charge >= 0.3 is 5.97 Å². The quantitative estimate of drug-likeness (QED) is 0.472. The maximum Gasteiger partial charge on any atom is 0.363 e. The molecule has 0 aliphatic carbocycles. The number of cyclic esters (lactones) is 1. The lowest BCUT2D eigenvalue weighted by atomic mass is 10.1. The highest BCUT2D eigenvalue weighted by Crippen LogP contribution is 2.40. The van der Waals surface area contributed by atoms with Crippen LogP contribution >= 0.6 is 23.2 Å². The molecule has 0 aromatic heterocycles. The summed E-state index contributed by atoms with van der Waals surface area (Å²) in [7, 11) is 4.53. The fourth-order valence-corrected chi connectivity index (χ4v) is 3.06. The fourth-order valence-electron chi connectivity index (χ4n) is 2.69. The molecular formula is C21H17Cl2NO5. The lowest BCUT2D eigenvalue weighted by Crippen LogP contribution is -2.01. The minimum Gasteiger partial charge on any atom is -0.493 e. The van der Waals surface area contributed by atoms with Crippen LogP contribution in [0.3, 0.4) is 0 Å². The maximum absolute atomic E-state index is 12.2. The highest BCUT2D eigenvalue weighted by atomic mass is 35.5. The highest BCUT2D eigenvalue weighted by Gasteiger charge is 2.23. The SMILES string of the molecule is COc1ccc(C=C2N=C(C=Cc3cccc(Cl)c3Cl)OC2=O)c(OC)c1OC. The van der Waals surface area contributed by atoms with E-state index in [9.17, 15) is 4.79 Å². The molecule has 0 saturated heterocycles. The number of carbonyl (C=O) groups is 1. The molecule has 3 rings (SSSR count). The van der Waals surface area contributed by atoms with Crippen LogP contribution in [0.25, 0.3) is 12.2 Å². The van der Waals surface area contributed by atoms with E-state index < -0.39 is 5.97 Å². The molecular weight excluding hydrogens is 417 g/mol. The van der Waals surface area contributed by atoms with Crippen LogP contribution in [0.15, 0.2) is 47.1 Å². The second-order valence-corrected chi connectivity index (χ2v) is 6.55. The van der Waals surface area contributed by atoms with Gasteiger partial charge in [0.15, 0.2) is 17.2 Å². The number of halogens is 2. The number of nitrogens with zero attached hydrogens (tertiary/aromatic N) is 1. The van der Waals surface area contributed by atoms with E-state index >= 15 is 0 Å². The van der Waals surface area contributed by atoms with Gasteiger partial charge in [0.2, 0.25) is 11.6 Å². The Balaban J connectivity index is 1.93. The topological polar surface area (TPSA) is 66.4 Å². The number of hydrogen-bond donors (Lipinski definition) is 0. The van der Waals surface area contributed by atoms with Crippen molar-refractivity contribution >= 4 is 47.2 Å². The molecule has 0 radical (unpaired) electrons. The Morgan fingerprint density at radius 3 is 2.38 bits per heavy atom. The van der Waals surface area contributed by atoms with Gasteiger partial charge in [-0.25, -0.2) is 9.79 Å². The first-order valence-electron chi connectivity index (χ1n) is 8.42. The van der Waals surface area contributed by atoms with E-state index in [1.807, 2.05) is 0 Å². The number of esters is 1. The zero-order valence-corrected chi connectivity index (χ0v) is 17.4. The van der Waals surface area contributed by atoms with Crippen LogP contribution in [0, 0.1) is 0 Å². The molecule has 150 valence electrons. The minimum atomic E-state index is -0.585. The first kappa shape index (κ1) is 20.8. The molecule has 29 heavy (non-hydrogen) atoms. The Hall–Kier alpha value is -2.96. The third-order valence-electron chi connectivity index (χ3n) is 4.05. The minimum absolute atomic E-state index is 0.118. The number of ether oxygens (including phenoxy) is 4. The van der Waals surface area contributed by atoms with Gasteiger partial charge in [-0.2, -0.15) is 0 Å². The van der Waals surface area contributed by atoms with Crippen molar-refractivity contribution in [2.45, 2.75) is 0 Å². The summed E-state index contributed by atoms with van der Waals surface area (Å²) < 4.78 is 21.2. The summed E-state index contributed by atoms with van der Waals surface area (Å²) in [5.41, 5.74) is 1.38. The van der Waals surface area contributed by atoms with Crippen LogP contribution in [-0.2, 0) is 9.53 Å². The Morgan fingerprint density at radius 2 is 1.69 bits per heavy atom. The zero-order valence-electron chi connectivity index (χ0n) is 15.9. The molecule has 2 aromatic carbocycles. The molecule has 0 N–H and O–H groups in total. The van der Waals surface area contributed by atoms with E-state index in [1.165, 1.54) is 21.3 Å². The maximum atomic E-state index is 12.2. The van der Waals surface area contributed by atoms with E-state index in [0.29, 0.717) is 38.4 Å². The molecule has 8 heteroatoms. The van der Waals surface area contributed by atoms with Gasteiger partial charge in [0.1, 0.15) is 0 Å². The Bertz CT molecular complexity index is 1040. The average molecular weight is 434 g/mol. The monoisotopic (exact) mass is 433 g/mol. The van der Waals surface area contributed by atoms with E-state index in [-0.39, 0.29) is 11.6 Å². The van der Waals surface area contributed by atoms with Crippen molar-refractivity contribution in [3.05, 3.63) is 63.3 Å². The smallest absolute Gasteiger partial charge is 0.363 e. The van der Waals surface area contributed by atoms with Crippen LogP contribution < -0.4 is 14.2 Å². The Kier molecular flexibility index (Phi) is 6.46. The molecule has 6 nitrogen and oxygen atoms in total. The second-order valence-electron chi connectivity index (χ2n) is 5.77. The predicted molar refractivity (Wildman–Crippen MR) is 113 cm³/mol. The standard InChI is InChI=1S/C21H17Cl2NO5/c1-26-16-9-7-13(19(27-2)20(16)28-3)11-15-21(25)29-17(24-15)10-8-12-5-4-6-14(22)18(12)23/h4-11H,1-3H3. The van der Waals surface area contributed by atoms with Crippen molar-refractivity contribution in [1.82, 2.24) is 0 Å². The summed E-state index contributed by atoms with van der Waals surface area (Å²) in [5.74, 6) is 0.883. The molecule has 0 spiro atoms. The van der Waals surface area contributed by atoms with Crippen molar-refractivity contribution in [2.24, 2.45) is 4.99 Å². The highest BCUT2D eigenvalue weighted by molar-refractivity contribution is 6.42. The van der Waals surface area contributed by atoms with Gasteiger partial charge in [0.05, 0.1) is 31.4 Å². The third kappa shape index (κ3) is 4.39. The lowest BCUT2D eigenvalue weighted by Gasteiger charge is -2.14. The molecule has 1 aliphatic heterocycles. The van der Waals surface area contributed by atoms with Gasteiger partial charge < -0.3 is 18.9 Å². The molecule has 0 saturated carbocycles. The summed E-state index contributed by atoms with van der Waals surface area (Å²) in [5, 5.41) is 0.835. The van der Waals surface area contributed by atoms with Crippen molar-refractivity contribution < 1.29 is 23.7 Å². The first-order chi connectivity index (χ1) is 14.0. The molecule has 0 bridgehead atoms. The number of benzene rings is 2. The second kappa shape index (κ2) is 9.03. The molecule has 1 heterocycles. The zero-order chi connectivity index (χ0) is 21.0. The summed E-state index contributed by atoms with van der Waals surface area (Å²) in [6.07, 6.45) is 4.76. The van der Waals surface area contributed by atoms with Gasteiger partial charge in [-0.05, 0) is 35.9 Å². The molecule has 0 unspecified atom stereocenters. The largest absolute Gasteiger partial charge is 0.493 e. The number of rotatable bonds is 6. The van der Waals surface area contributed by atoms with E-state index in [4.69, 9.17) is 42.1 Å². The van der Waals surface area contributed by atoms with Crippen LogP contribution in [-0.4, -0.2) is 33.2 Å². The molecule has 0 fully saturated rings. The van der Waals surface area contributed by atoms with Gasteiger partial charge in [0.25, 0.3) is 0 Å². The first-order valence-corrected chi connectivity index (χ1v) is 9.17. The van der Waals surface area contributed by atoms with Crippen LogP contribution in [0.4, 0.5) is 0 Å². The normalized spacial score (nSPS) is 14.9. The Labute approximate surface area is 178 Å². The molecule has 0 amide bonds. The lowest BCUT2D eigenvalue weighted by molar-refractivity contribution is -0.129. The molecule has 0 atom stereocenters. The van der Waals surface area contributed by atoms with Gasteiger partial charge in [-0.15, -0.1) is 0 Å². The van der Waals surface area contributed by atoms with Gasteiger partial charge in [-0.3, -0.25) is 0 Å². The van der Waals surface area contributed by atoms with Crippen molar-refractivity contribution in [3.63, 3.8) is 0 Å². The number of hydrogen-bond acceptors (Lipinski definition) is 6. The van der Waals surface area contributed by atoms with E-state index in [1.54, 1.807) is 48.6 Å². The van der Waals surface area contributed by atoms with Crippen LogP contribution in [0.1, 0.15) is 11.1 Å². The van der Waals surface area contributed by atoms with Gasteiger partial charge in [-0.1, -0.05) is 35.3 Å². The third-order valence-corrected chi connectivity index (χ3v) is 4.88. The Morgan fingerprint density at radius 1 is 0.931 bits per heavy atom. The van der Waals surface area contributed by atoms with E-state index in [0.717, 1.165) is 0 Å². The number of aliphatic imine (C=N–C) groups is 1. The fraction of sp³-hybridized carbons (Fsp3) is 0.143. The number of carbonyl (C=O) groups excluding carboxylic acids is 1. The van der Waals surface area contributed by atoms with Crippen molar-refractivity contribution in [2.75, 3.05) is 21.3 Å². The summed E-state index contributed by atoms with van der Waals surface area (Å²) in [6, 6.07) is 8.68. The summed E-state index contributed by atoms with van der Waals surface area (Å²) in [6.45, 7) is 0. The van der Waals surface area contributed by atoms with Crippen molar-refractivity contribution in [3.8, 4) is 17.2 Å². The van der Waals surface area contributed by atoms with Gasteiger partial charge in [0, 0.05) is 11.6 Å².